The SMILES string of the molecule is Cc1cccc2c1C(c1ccccc1)CC(=O)O2. The molecule has 0 amide bonds. The van der Waals surface area contributed by atoms with Crippen molar-refractivity contribution >= 4 is 5.97 Å². The Morgan fingerprint density at radius 2 is 1.83 bits per heavy atom. The molecular formula is C16H14O2. The Morgan fingerprint density at radius 1 is 1.06 bits per heavy atom. The number of fused-ring (bicyclic) bond motifs is 1. The molecule has 0 saturated carbocycles. The molecule has 1 atom stereocenters. The normalized spacial score (nSPS) is 18.1. The van der Waals surface area contributed by atoms with E-state index in [4.69, 9.17) is 4.74 Å². The minimum absolute atomic E-state index is 0.114. The van der Waals surface area contributed by atoms with E-state index in [0.29, 0.717) is 12.2 Å². The maximum atomic E-state index is 11.7. The first-order valence-corrected chi connectivity index (χ1v) is 6.11. The predicted molar refractivity (Wildman–Crippen MR) is 69.7 cm³/mol. The van der Waals surface area contributed by atoms with Gasteiger partial charge in [0.25, 0.3) is 0 Å². The third-order valence-corrected chi connectivity index (χ3v) is 3.43. The van der Waals surface area contributed by atoms with Crippen LogP contribution in [-0.4, -0.2) is 5.97 Å². The van der Waals surface area contributed by atoms with E-state index in [1.165, 1.54) is 11.1 Å². The average molecular weight is 238 g/mol. The Morgan fingerprint density at radius 3 is 2.61 bits per heavy atom. The van der Waals surface area contributed by atoms with Crippen molar-refractivity contribution in [1.82, 2.24) is 0 Å². The summed E-state index contributed by atoms with van der Waals surface area (Å²) in [5.74, 6) is 0.672. The number of hydrogen-bond donors (Lipinski definition) is 0. The molecule has 0 aromatic heterocycles. The van der Waals surface area contributed by atoms with Gasteiger partial charge in [0.05, 0.1) is 6.42 Å². The summed E-state index contributed by atoms with van der Waals surface area (Å²) < 4.78 is 5.33. The van der Waals surface area contributed by atoms with Crippen molar-refractivity contribution < 1.29 is 9.53 Å². The van der Waals surface area contributed by atoms with Crippen LogP contribution in [0.15, 0.2) is 48.5 Å². The van der Waals surface area contributed by atoms with Crippen molar-refractivity contribution in [3.8, 4) is 5.75 Å². The van der Waals surface area contributed by atoms with Gasteiger partial charge in [-0.15, -0.1) is 0 Å². The van der Waals surface area contributed by atoms with Crippen molar-refractivity contribution in [3.63, 3.8) is 0 Å². The van der Waals surface area contributed by atoms with E-state index in [1.807, 2.05) is 30.3 Å². The van der Waals surface area contributed by atoms with E-state index in [0.717, 1.165) is 5.56 Å². The Labute approximate surface area is 106 Å². The zero-order valence-electron chi connectivity index (χ0n) is 10.2. The number of benzene rings is 2. The van der Waals surface area contributed by atoms with Gasteiger partial charge in [-0.3, -0.25) is 4.79 Å². The number of hydrogen-bond acceptors (Lipinski definition) is 2. The van der Waals surface area contributed by atoms with Crippen LogP contribution in [0.3, 0.4) is 0 Å². The second-order valence-electron chi connectivity index (χ2n) is 4.63. The Hall–Kier alpha value is -2.09. The lowest BCUT2D eigenvalue weighted by atomic mass is 9.84. The Bertz CT molecular complexity index is 587. The van der Waals surface area contributed by atoms with Crippen LogP contribution in [0.2, 0.25) is 0 Å². The van der Waals surface area contributed by atoms with Crippen LogP contribution in [0.25, 0.3) is 0 Å². The van der Waals surface area contributed by atoms with Crippen LogP contribution < -0.4 is 4.74 Å². The summed E-state index contributed by atoms with van der Waals surface area (Å²) >= 11 is 0. The van der Waals surface area contributed by atoms with E-state index in [-0.39, 0.29) is 11.9 Å². The Balaban J connectivity index is 2.15. The molecule has 0 radical (unpaired) electrons. The van der Waals surface area contributed by atoms with Crippen molar-refractivity contribution in [2.75, 3.05) is 0 Å². The molecule has 18 heavy (non-hydrogen) atoms. The molecule has 0 saturated heterocycles. The van der Waals surface area contributed by atoms with Crippen LogP contribution in [-0.2, 0) is 4.79 Å². The molecule has 0 fully saturated rings. The quantitative estimate of drug-likeness (QED) is 0.562. The first kappa shape index (κ1) is 11.0. The third-order valence-electron chi connectivity index (χ3n) is 3.43. The number of carbonyl (C=O) groups excluding carboxylic acids is 1. The second kappa shape index (κ2) is 4.30. The van der Waals surface area contributed by atoms with Gasteiger partial charge in [-0.2, -0.15) is 0 Å². The molecule has 1 aliphatic heterocycles. The molecule has 0 bridgehead atoms. The molecule has 1 heterocycles. The van der Waals surface area contributed by atoms with Crippen molar-refractivity contribution in [3.05, 3.63) is 65.2 Å². The number of rotatable bonds is 1. The van der Waals surface area contributed by atoms with Crippen molar-refractivity contribution in [2.24, 2.45) is 0 Å². The smallest absolute Gasteiger partial charge is 0.312 e. The number of aryl methyl sites for hydroxylation is 1. The standard InChI is InChI=1S/C16H14O2/c1-11-6-5-9-14-16(11)13(10-15(17)18-14)12-7-3-2-4-8-12/h2-9,13H,10H2,1H3. The van der Waals surface area contributed by atoms with Crippen LogP contribution in [0.4, 0.5) is 0 Å². The molecule has 90 valence electrons. The lowest BCUT2D eigenvalue weighted by Gasteiger charge is -2.26. The minimum atomic E-state index is -0.151. The van der Waals surface area contributed by atoms with E-state index >= 15 is 0 Å². The van der Waals surface area contributed by atoms with Gasteiger partial charge >= 0.3 is 5.97 Å². The molecule has 0 N–H and O–H groups in total. The van der Waals surface area contributed by atoms with Crippen LogP contribution in [0, 0.1) is 6.92 Å². The molecule has 2 heteroatoms. The van der Waals surface area contributed by atoms with Crippen LogP contribution in [0.1, 0.15) is 29.0 Å². The van der Waals surface area contributed by atoms with Gasteiger partial charge in [-0.25, -0.2) is 0 Å². The zero-order valence-corrected chi connectivity index (χ0v) is 10.2. The van der Waals surface area contributed by atoms with Gasteiger partial charge in [0.1, 0.15) is 5.75 Å². The predicted octanol–water partition coefficient (Wildman–Crippen LogP) is 3.44. The van der Waals surface area contributed by atoms with Gasteiger partial charge in [-0.1, -0.05) is 42.5 Å². The van der Waals surface area contributed by atoms with Gasteiger partial charge < -0.3 is 4.74 Å². The van der Waals surface area contributed by atoms with Gasteiger partial charge in [0, 0.05) is 11.5 Å². The monoisotopic (exact) mass is 238 g/mol. The van der Waals surface area contributed by atoms with Gasteiger partial charge in [0.15, 0.2) is 0 Å². The fraction of sp³-hybridized carbons (Fsp3) is 0.188. The molecular weight excluding hydrogens is 224 g/mol. The summed E-state index contributed by atoms with van der Waals surface area (Å²) in [6.07, 6.45) is 0.419. The summed E-state index contributed by atoms with van der Waals surface area (Å²) in [4.78, 5) is 11.7. The largest absolute Gasteiger partial charge is 0.426 e. The first-order valence-electron chi connectivity index (χ1n) is 6.11. The van der Waals surface area contributed by atoms with Crippen LogP contribution >= 0.6 is 0 Å². The molecule has 1 aliphatic rings. The van der Waals surface area contributed by atoms with E-state index in [2.05, 4.69) is 25.1 Å². The topological polar surface area (TPSA) is 26.3 Å². The number of ether oxygens (including phenoxy) is 1. The maximum absolute atomic E-state index is 11.7. The van der Waals surface area contributed by atoms with Crippen molar-refractivity contribution in [1.29, 1.82) is 0 Å². The average Bonchev–Trinajstić information content (AvgIpc) is 2.39. The van der Waals surface area contributed by atoms with E-state index in [1.54, 1.807) is 0 Å². The maximum Gasteiger partial charge on any atom is 0.312 e. The highest BCUT2D eigenvalue weighted by atomic mass is 16.5. The number of carbonyl (C=O) groups is 1. The fourth-order valence-corrected chi connectivity index (χ4v) is 2.59. The number of esters is 1. The highest BCUT2D eigenvalue weighted by Crippen LogP contribution is 2.40. The van der Waals surface area contributed by atoms with Gasteiger partial charge in [0.2, 0.25) is 0 Å². The third kappa shape index (κ3) is 1.80. The summed E-state index contributed by atoms with van der Waals surface area (Å²) in [6.45, 7) is 2.06. The summed E-state index contributed by atoms with van der Waals surface area (Å²) in [5.41, 5.74) is 3.49. The van der Waals surface area contributed by atoms with E-state index in [9.17, 15) is 4.79 Å². The molecule has 3 rings (SSSR count). The molecule has 0 aliphatic carbocycles. The van der Waals surface area contributed by atoms with Crippen molar-refractivity contribution in [2.45, 2.75) is 19.3 Å². The summed E-state index contributed by atoms with van der Waals surface area (Å²) in [7, 11) is 0. The lowest BCUT2D eigenvalue weighted by molar-refractivity contribution is -0.135. The lowest BCUT2D eigenvalue weighted by Crippen LogP contribution is -2.21. The summed E-state index contributed by atoms with van der Waals surface area (Å²) in [6, 6.07) is 16.0. The zero-order chi connectivity index (χ0) is 12.5. The van der Waals surface area contributed by atoms with Crippen LogP contribution in [0.5, 0.6) is 5.75 Å². The molecule has 2 aromatic rings. The molecule has 0 spiro atoms. The van der Waals surface area contributed by atoms with E-state index < -0.39 is 0 Å². The molecule has 2 aromatic carbocycles. The molecule has 1 unspecified atom stereocenters. The first-order chi connectivity index (χ1) is 8.75. The Kier molecular flexibility index (Phi) is 2.63. The molecule has 2 nitrogen and oxygen atoms in total. The second-order valence-corrected chi connectivity index (χ2v) is 4.63. The highest BCUT2D eigenvalue weighted by molar-refractivity contribution is 5.78. The summed E-state index contributed by atoms with van der Waals surface area (Å²) in [5, 5.41) is 0. The fourth-order valence-electron chi connectivity index (χ4n) is 2.59. The minimum Gasteiger partial charge on any atom is -0.426 e. The highest BCUT2D eigenvalue weighted by Gasteiger charge is 2.29. The van der Waals surface area contributed by atoms with Gasteiger partial charge in [-0.05, 0) is 24.1 Å².